The summed E-state index contributed by atoms with van der Waals surface area (Å²) >= 11 is 3.54. The maximum atomic E-state index is 13.0. The summed E-state index contributed by atoms with van der Waals surface area (Å²) in [5.74, 6) is -0.532. The quantitative estimate of drug-likeness (QED) is 0.501. The van der Waals surface area contributed by atoms with Crippen molar-refractivity contribution in [2.75, 3.05) is 6.54 Å². The van der Waals surface area contributed by atoms with Gasteiger partial charge in [0, 0.05) is 17.2 Å². The molecule has 0 fully saturated rings. The first-order valence-electron chi connectivity index (χ1n) is 8.72. The van der Waals surface area contributed by atoms with Crippen molar-refractivity contribution < 1.29 is 9.18 Å². The Kier molecular flexibility index (Phi) is 5.16. The standard InChI is InChI=1S/C21H16BrFN4O/c22-20-16-4-2-1-3-14(16)5-7-17(20)21(28)24-10-12-27-11-9-19(26-27)18-8-6-15(23)13-25-18/h1-9,11,13H,10,12H2,(H,24,28). The minimum Gasteiger partial charge on any atom is -0.350 e. The smallest absolute Gasteiger partial charge is 0.252 e. The third-order valence-electron chi connectivity index (χ3n) is 4.36. The minimum absolute atomic E-state index is 0.148. The molecule has 4 aromatic rings. The molecule has 1 N–H and O–H groups in total. The van der Waals surface area contributed by atoms with Crippen molar-refractivity contribution in [2.24, 2.45) is 0 Å². The number of hydrogen-bond acceptors (Lipinski definition) is 3. The van der Waals surface area contributed by atoms with Crippen LogP contribution in [0.3, 0.4) is 0 Å². The molecule has 2 heterocycles. The molecule has 0 spiro atoms. The van der Waals surface area contributed by atoms with Crippen LogP contribution in [0.5, 0.6) is 0 Å². The van der Waals surface area contributed by atoms with Gasteiger partial charge < -0.3 is 5.32 Å². The van der Waals surface area contributed by atoms with Crippen molar-refractivity contribution >= 4 is 32.6 Å². The van der Waals surface area contributed by atoms with E-state index in [-0.39, 0.29) is 11.7 Å². The second kappa shape index (κ2) is 7.90. The van der Waals surface area contributed by atoms with E-state index in [2.05, 4.69) is 31.3 Å². The van der Waals surface area contributed by atoms with Crippen molar-refractivity contribution in [3.63, 3.8) is 0 Å². The van der Waals surface area contributed by atoms with Crippen LogP contribution in [0.4, 0.5) is 4.39 Å². The average Bonchev–Trinajstić information content (AvgIpc) is 3.18. The van der Waals surface area contributed by atoms with Crippen LogP contribution in [0, 0.1) is 5.82 Å². The Hall–Kier alpha value is -3.06. The van der Waals surface area contributed by atoms with Gasteiger partial charge in [0.25, 0.3) is 5.91 Å². The summed E-state index contributed by atoms with van der Waals surface area (Å²) in [5, 5.41) is 9.40. The van der Waals surface area contributed by atoms with Crippen LogP contribution < -0.4 is 5.32 Å². The molecule has 2 aromatic heterocycles. The normalized spacial score (nSPS) is 10.9. The highest BCUT2D eigenvalue weighted by molar-refractivity contribution is 9.10. The number of benzene rings is 2. The summed E-state index contributed by atoms with van der Waals surface area (Å²) in [5.41, 5.74) is 1.85. The van der Waals surface area contributed by atoms with Gasteiger partial charge >= 0.3 is 0 Å². The molecule has 0 aliphatic heterocycles. The van der Waals surface area contributed by atoms with E-state index >= 15 is 0 Å². The van der Waals surface area contributed by atoms with Gasteiger partial charge in [-0.1, -0.05) is 30.3 Å². The molecule has 4 rings (SSSR count). The summed E-state index contributed by atoms with van der Waals surface area (Å²) in [6, 6.07) is 16.4. The van der Waals surface area contributed by atoms with Crippen molar-refractivity contribution in [3.8, 4) is 11.4 Å². The maximum Gasteiger partial charge on any atom is 0.252 e. The number of amides is 1. The lowest BCUT2D eigenvalue weighted by molar-refractivity contribution is 0.0951. The number of fused-ring (bicyclic) bond motifs is 1. The van der Waals surface area contributed by atoms with Gasteiger partial charge in [0.15, 0.2) is 0 Å². The Morgan fingerprint density at radius 1 is 1.07 bits per heavy atom. The van der Waals surface area contributed by atoms with Crippen LogP contribution in [-0.2, 0) is 6.54 Å². The molecule has 0 unspecified atom stereocenters. The molecule has 0 aliphatic carbocycles. The average molecular weight is 439 g/mol. The number of aromatic nitrogens is 3. The summed E-state index contributed by atoms with van der Waals surface area (Å²) in [6.45, 7) is 0.939. The van der Waals surface area contributed by atoms with Gasteiger partial charge in [-0.05, 0) is 51.0 Å². The van der Waals surface area contributed by atoms with E-state index in [1.54, 1.807) is 16.9 Å². The Bertz CT molecular complexity index is 1140. The molecule has 1 amide bonds. The summed E-state index contributed by atoms with van der Waals surface area (Å²) < 4.78 is 15.5. The van der Waals surface area contributed by atoms with E-state index in [1.165, 1.54) is 6.07 Å². The first-order chi connectivity index (χ1) is 13.6. The summed E-state index contributed by atoms with van der Waals surface area (Å²) in [4.78, 5) is 16.6. The Morgan fingerprint density at radius 2 is 1.93 bits per heavy atom. The fourth-order valence-electron chi connectivity index (χ4n) is 2.94. The zero-order chi connectivity index (χ0) is 19.5. The number of nitrogens with one attached hydrogen (secondary N) is 1. The molecule has 140 valence electrons. The van der Waals surface area contributed by atoms with Gasteiger partial charge in [-0.25, -0.2) is 4.39 Å². The zero-order valence-electron chi connectivity index (χ0n) is 14.8. The lowest BCUT2D eigenvalue weighted by Crippen LogP contribution is -2.27. The zero-order valence-corrected chi connectivity index (χ0v) is 16.4. The lowest BCUT2D eigenvalue weighted by Gasteiger charge is -2.09. The fraction of sp³-hybridized carbons (Fsp3) is 0.0952. The van der Waals surface area contributed by atoms with Crippen LogP contribution in [0.15, 0.2) is 71.5 Å². The van der Waals surface area contributed by atoms with E-state index < -0.39 is 0 Å². The summed E-state index contributed by atoms with van der Waals surface area (Å²) in [7, 11) is 0. The highest BCUT2D eigenvalue weighted by Gasteiger charge is 2.12. The molecule has 0 saturated heterocycles. The second-order valence-electron chi connectivity index (χ2n) is 6.23. The molecular weight excluding hydrogens is 423 g/mol. The van der Waals surface area contributed by atoms with Crippen molar-refractivity contribution in [1.82, 2.24) is 20.1 Å². The number of carbonyl (C=O) groups is 1. The second-order valence-corrected chi connectivity index (χ2v) is 7.02. The molecule has 0 atom stereocenters. The van der Waals surface area contributed by atoms with Crippen molar-refractivity contribution in [2.45, 2.75) is 6.54 Å². The molecule has 0 aliphatic rings. The highest BCUT2D eigenvalue weighted by Crippen LogP contribution is 2.27. The first-order valence-corrected chi connectivity index (χ1v) is 9.52. The number of hydrogen-bond donors (Lipinski definition) is 1. The first kappa shape index (κ1) is 18.3. The van der Waals surface area contributed by atoms with Crippen LogP contribution >= 0.6 is 15.9 Å². The minimum atomic E-state index is -0.384. The molecule has 0 bridgehead atoms. The fourth-order valence-corrected chi connectivity index (χ4v) is 3.61. The number of rotatable bonds is 5. The highest BCUT2D eigenvalue weighted by atomic mass is 79.9. The van der Waals surface area contributed by atoms with E-state index in [0.717, 1.165) is 21.4 Å². The molecular formula is C21H16BrFN4O. The van der Waals surface area contributed by atoms with Crippen LogP contribution in [0.2, 0.25) is 0 Å². The molecule has 2 aromatic carbocycles. The number of halogens is 2. The number of carbonyl (C=O) groups excluding carboxylic acids is 1. The van der Waals surface area contributed by atoms with Gasteiger partial charge in [0.2, 0.25) is 0 Å². The Labute approximate surface area is 169 Å². The number of nitrogens with zero attached hydrogens (tertiary/aromatic N) is 3. The van der Waals surface area contributed by atoms with E-state index in [9.17, 15) is 9.18 Å². The maximum absolute atomic E-state index is 13.0. The summed E-state index contributed by atoms with van der Waals surface area (Å²) in [6.07, 6.45) is 2.97. The SMILES string of the molecule is O=C(NCCn1ccc(-c2ccc(F)cn2)n1)c1ccc2ccccc2c1Br. The molecule has 7 heteroatoms. The molecule has 0 saturated carbocycles. The van der Waals surface area contributed by atoms with Gasteiger partial charge in [-0.2, -0.15) is 5.10 Å². The van der Waals surface area contributed by atoms with Crippen molar-refractivity contribution in [3.05, 3.63) is 82.8 Å². The van der Waals surface area contributed by atoms with Gasteiger partial charge in [0.05, 0.1) is 24.0 Å². The van der Waals surface area contributed by atoms with E-state index in [0.29, 0.717) is 30.0 Å². The van der Waals surface area contributed by atoms with Crippen LogP contribution in [-0.4, -0.2) is 27.2 Å². The largest absolute Gasteiger partial charge is 0.350 e. The predicted octanol–water partition coefficient (Wildman–Crippen LogP) is 4.43. The lowest BCUT2D eigenvalue weighted by atomic mass is 10.1. The van der Waals surface area contributed by atoms with Crippen LogP contribution in [0.1, 0.15) is 10.4 Å². The topological polar surface area (TPSA) is 59.8 Å². The van der Waals surface area contributed by atoms with Gasteiger partial charge in [0.1, 0.15) is 11.5 Å². The van der Waals surface area contributed by atoms with Gasteiger partial charge in [-0.15, -0.1) is 0 Å². The Balaban J connectivity index is 1.40. The Morgan fingerprint density at radius 3 is 2.75 bits per heavy atom. The molecule has 5 nitrogen and oxygen atoms in total. The predicted molar refractivity (Wildman–Crippen MR) is 109 cm³/mol. The third-order valence-corrected chi connectivity index (χ3v) is 5.22. The number of pyridine rings is 1. The third kappa shape index (κ3) is 3.80. The molecule has 0 radical (unpaired) electrons. The van der Waals surface area contributed by atoms with Crippen molar-refractivity contribution in [1.29, 1.82) is 0 Å². The van der Waals surface area contributed by atoms with E-state index in [1.807, 2.05) is 42.5 Å². The monoisotopic (exact) mass is 438 g/mol. The molecule has 28 heavy (non-hydrogen) atoms. The van der Waals surface area contributed by atoms with Gasteiger partial charge in [-0.3, -0.25) is 14.5 Å². The van der Waals surface area contributed by atoms with E-state index in [4.69, 9.17) is 0 Å². The van der Waals surface area contributed by atoms with Crippen LogP contribution in [0.25, 0.3) is 22.2 Å².